The van der Waals surface area contributed by atoms with Gasteiger partial charge in [0.2, 0.25) is 15.9 Å². The summed E-state index contributed by atoms with van der Waals surface area (Å²) in [4.78, 5) is 12.3. The molecular weight excluding hydrogens is 372 g/mol. The minimum Gasteiger partial charge on any atom is -0.493 e. The molecule has 0 radical (unpaired) electrons. The zero-order valence-electron chi connectivity index (χ0n) is 16.1. The molecule has 0 aromatic heterocycles. The average Bonchev–Trinajstić information content (AvgIpc) is 2.70. The first-order chi connectivity index (χ1) is 12.9. The summed E-state index contributed by atoms with van der Waals surface area (Å²) < 4.78 is 42.5. The average molecular weight is 400 g/mol. The molecule has 0 spiro atoms. The molecule has 0 aliphatic carbocycles. The van der Waals surface area contributed by atoms with Gasteiger partial charge in [0, 0.05) is 45.3 Å². The maximum Gasteiger partial charge on any atom is 0.243 e. The third-order valence-corrected chi connectivity index (χ3v) is 6.54. The van der Waals surface area contributed by atoms with Crippen LogP contribution in [0, 0.1) is 5.92 Å². The van der Waals surface area contributed by atoms with E-state index in [9.17, 15) is 13.2 Å². The van der Waals surface area contributed by atoms with Crippen molar-refractivity contribution in [2.24, 2.45) is 5.92 Å². The summed E-state index contributed by atoms with van der Waals surface area (Å²) in [5, 5.41) is 2.88. The van der Waals surface area contributed by atoms with E-state index in [1.807, 2.05) is 0 Å². The Hall–Kier alpha value is -1.84. The smallest absolute Gasteiger partial charge is 0.243 e. The Labute approximate surface area is 160 Å². The van der Waals surface area contributed by atoms with Gasteiger partial charge >= 0.3 is 0 Å². The first-order valence-electron chi connectivity index (χ1n) is 8.93. The van der Waals surface area contributed by atoms with Crippen molar-refractivity contribution in [1.82, 2.24) is 9.62 Å². The lowest BCUT2D eigenvalue weighted by Gasteiger charge is -2.30. The highest BCUT2D eigenvalue weighted by Gasteiger charge is 2.32. The van der Waals surface area contributed by atoms with Gasteiger partial charge in [-0.2, -0.15) is 4.31 Å². The largest absolute Gasteiger partial charge is 0.493 e. The first-order valence-corrected chi connectivity index (χ1v) is 10.4. The molecule has 1 heterocycles. The van der Waals surface area contributed by atoms with Gasteiger partial charge in [-0.05, 0) is 31.4 Å². The van der Waals surface area contributed by atoms with Gasteiger partial charge in [-0.1, -0.05) is 0 Å². The summed E-state index contributed by atoms with van der Waals surface area (Å²) in [6.45, 7) is 1.79. The minimum atomic E-state index is -3.64. The minimum absolute atomic E-state index is 0.0192. The standard InChI is InChI=1S/C18H28N2O6S/c1-24-12-4-9-19-18(21)14-7-10-20(11-8-14)27(22,23)15-5-6-16(25-2)17(13-15)26-3/h5-6,13-14H,4,7-12H2,1-3H3,(H,19,21). The van der Waals surface area contributed by atoms with Crippen LogP contribution in [-0.2, 0) is 19.6 Å². The van der Waals surface area contributed by atoms with E-state index in [-0.39, 0.29) is 16.7 Å². The van der Waals surface area contributed by atoms with Crippen molar-refractivity contribution in [2.75, 3.05) is 47.6 Å². The van der Waals surface area contributed by atoms with E-state index in [1.165, 1.54) is 30.7 Å². The number of hydrogen-bond donors (Lipinski definition) is 1. The van der Waals surface area contributed by atoms with Crippen LogP contribution in [0.15, 0.2) is 23.1 Å². The Kier molecular flexibility index (Phi) is 7.88. The topological polar surface area (TPSA) is 94.2 Å². The molecule has 1 amide bonds. The fourth-order valence-electron chi connectivity index (χ4n) is 3.06. The molecule has 1 aromatic carbocycles. The van der Waals surface area contributed by atoms with Crippen molar-refractivity contribution >= 4 is 15.9 Å². The van der Waals surface area contributed by atoms with Gasteiger partial charge in [-0.3, -0.25) is 4.79 Å². The molecule has 0 bridgehead atoms. The van der Waals surface area contributed by atoms with Crippen molar-refractivity contribution in [2.45, 2.75) is 24.2 Å². The van der Waals surface area contributed by atoms with E-state index in [2.05, 4.69) is 5.32 Å². The van der Waals surface area contributed by atoms with Crippen LogP contribution in [0.5, 0.6) is 11.5 Å². The number of methoxy groups -OCH3 is 3. The number of carbonyl (C=O) groups excluding carboxylic acids is 1. The van der Waals surface area contributed by atoms with E-state index in [1.54, 1.807) is 13.2 Å². The lowest BCUT2D eigenvalue weighted by atomic mass is 9.97. The molecule has 9 heteroatoms. The number of carbonyl (C=O) groups is 1. The molecule has 1 N–H and O–H groups in total. The number of nitrogens with zero attached hydrogens (tertiary/aromatic N) is 1. The fourth-order valence-corrected chi connectivity index (χ4v) is 4.54. The molecule has 1 aliphatic heterocycles. The summed E-state index contributed by atoms with van der Waals surface area (Å²) in [6, 6.07) is 4.54. The Balaban J connectivity index is 1.97. The number of piperidine rings is 1. The van der Waals surface area contributed by atoms with Crippen LogP contribution in [0.25, 0.3) is 0 Å². The van der Waals surface area contributed by atoms with Crippen molar-refractivity contribution < 1.29 is 27.4 Å². The Morgan fingerprint density at radius 1 is 1.15 bits per heavy atom. The van der Waals surface area contributed by atoms with Gasteiger partial charge in [0.15, 0.2) is 11.5 Å². The van der Waals surface area contributed by atoms with E-state index < -0.39 is 10.0 Å². The zero-order chi connectivity index (χ0) is 19.9. The summed E-state index contributed by atoms with van der Waals surface area (Å²) in [5.74, 6) is 0.655. The normalized spacial score (nSPS) is 16.1. The van der Waals surface area contributed by atoms with Crippen LogP contribution in [0.3, 0.4) is 0 Å². The number of nitrogens with one attached hydrogen (secondary N) is 1. The zero-order valence-corrected chi connectivity index (χ0v) is 16.9. The van der Waals surface area contributed by atoms with Gasteiger partial charge in [0.25, 0.3) is 0 Å². The molecular formula is C18H28N2O6S. The molecule has 1 aliphatic rings. The molecule has 0 unspecified atom stereocenters. The number of sulfonamides is 1. The Morgan fingerprint density at radius 3 is 2.41 bits per heavy atom. The maximum atomic E-state index is 12.9. The predicted octanol–water partition coefficient (Wildman–Crippen LogP) is 1.26. The van der Waals surface area contributed by atoms with E-state index in [4.69, 9.17) is 14.2 Å². The second kappa shape index (κ2) is 9.91. The fraction of sp³-hybridized carbons (Fsp3) is 0.611. The van der Waals surface area contributed by atoms with Gasteiger partial charge in [-0.25, -0.2) is 8.42 Å². The number of amides is 1. The number of ether oxygens (including phenoxy) is 3. The SMILES string of the molecule is COCCCNC(=O)C1CCN(S(=O)(=O)c2ccc(OC)c(OC)c2)CC1. The molecule has 0 atom stereocenters. The second-order valence-corrected chi connectivity index (χ2v) is 8.27. The van der Waals surface area contributed by atoms with Crippen LogP contribution >= 0.6 is 0 Å². The van der Waals surface area contributed by atoms with E-state index >= 15 is 0 Å². The molecule has 2 rings (SSSR count). The molecule has 8 nitrogen and oxygen atoms in total. The third kappa shape index (κ3) is 5.33. The Bertz CT molecular complexity index is 729. The molecule has 27 heavy (non-hydrogen) atoms. The van der Waals surface area contributed by atoms with Gasteiger partial charge in [-0.15, -0.1) is 0 Å². The number of benzene rings is 1. The lowest BCUT2D eigenvalue weighted by molar-refractivity contribution is -0.126. The Morgan fingerprint density at radius 2 is 1.81 bits per heavy atom. The van der Waals surface area contributed by atoms with Crippen molar-refractivity contribution in [3.05, 3.63) is 18.2 Å². The summed E-state index contributed by atoms with van der Waals surface area (Å²) in [6.07, 6.45) is 1.76. The number of hydrogen-bond acceptors (Lipinski definition) is 6. The monoisotopic (exact) mass is 400 g/mol. The quantitative estimate of drug-likeness (QED) is 0.627. The summed E-state index contributed by atoms with van der Waals surface area (Å²) in [7, 11) is 0.938. The highest BCUT2D eigenvalue weighted by atomic mass is 32.2. The molecule has 0 saturated carbocycles. The predicted molar refractivity (Wildman–Crippen MR) is 101 cm³/mol. The molecule has 152 valence electrons. The number of rotatable bonds is 9. The maximum absolute atomic E-state index is 12.9. The first kappa shape index (κ1) is 21.5. The van der Waals surface area contributed by atoms with Crippen molar-refractivity contribution in [3.8, 4) is 11.5 Å². The summed E-state index contributed by atoms with van der Waals surface area (Å²) in [5.41, 5.74) is 0. The second-order valence-electron chi connectivity index (χ2n) is 6.33. The van der Waals surface area contributed by atoms with Gasteiger partial charge in [0.1, 0.15) is 0 Å². The van der Waals surface area contributed by atoms with Gasteiger partial charge in [0.05, 0.1) is 19.1 Å². The van der Waals surface area contributed by atoms with Crippen molar-refractivity contribution in [1.29, 1.82) is 0 Å². The highest BCUT2D eigenvalue weighted by Crippen LogP contribution is 2.31. The third-order valence-electron chi connectivity index (χ3n) is 4.64. The van der Waals surface area contributed by atoms with Crippen LogP contribution in [0.4, 0.5) is 0 Å². The van der Waals surface area contributed by atoms with Crippen LogP contribution in [0.2, 0.25) is 0 Å². The van der Waals surface area contributed by atoms with E-state index in [0.29, 0.717) is 50.6 Å². The molecule has 1 fully saturated rings. The van der Waals surface area contributed by atoms with Gasteiger partial charge < -0.3 is 19.5 Å². The lowest BCUT2D eigenvalue weighted by Crippen LogP contribution is -2.43. The molecule has 1 saturated heterocycles. The van der Waals surface area contributed by atoms with Crippen LogP contribution in [0.1, 0.15) is 19.3 Å². The van der Waals surface area contributed by atoms with Crippen molar-refractivity contribution in [3.63, 3.8) is 0 Å². The summed E-state index contributed by atoms with van der Waals surface area (Å²) >= 11 is 0. The van der Waals surface area contributed by atoms with Crippen LogP contribution in [-0.4, -0.2) is 66.2 Å². The molecule has 1 aromatic rings. The van der Waals surface area contributed by atoms with E-state index in [0.717, 1.165) is 6.42 Å². The van der Waals surface area contributed by atoms with Crippen LogP contribution < -0.4 is 14.8 Å². The highest BCUT2D eigenvalue weighted by molar-refractivity contribution is 7.89.